The zero-order valence-electron chi connectivity index (χ0n) is 20.5. The van der Waals surface area contributed by atoms with E-state index in [1.165, 1.54) is 6.07 Å². The molecule has 1 aliphatic heterocycles. The quantitative estimate of drug-likeness (QED) is 0.461. The topological polar surface area (TPSA) is 102 Å². The standard InChI is InChI=1S/C25H28F4N4O4S/c26-18-10-16(37-13-25(27,28)29)9-15-5-7-24(22(15)18)11-19-21(23(34)31-24)20(12-30-38(35,36)17-3-4-17)33(32-19)8-6-14-1-2-14/h9-10,14,17,30H,1-8,11-13H2,(H,31,34)/t24-/m0/s1. The van der Waals surface area contributed by atoms with E-state index in [1.807, 2.05) is 0 Å². The van der Waals surface area contributed by atoms with Crippen LogP contribution < -0.4 is 14.8 Å². The summed E-state index contributed by atoms with van der Waals surface area (Å²) in [4.78, 5) is 13.5. The number of alkyl halides is 3. The highest BCUT2D eigenvalue weighted by atomic mass is 32.2. The molecule has 4 aliphatic rings. The van der Waals surface area contributed by atoms with Gasteiger partial charge in [-0.2, -0.15) is 18.3 Å². The number of nitrogens with zero attached hydrogens (tertiary/aromatic N) is 2. The number of aryl methyl sites for hydroxylation is 2. The summed E-state index contributed by atoms with van der Waals surface area (Å²) in [6.45, 7) is -1.04. The number of ether oxygens (including phenoxy) is 1. The Kier molecular flexibility index (Phi) is 6.02. The molecule has 1 spiro atoms. The van der Waals surface area contributed by atoms with Gasteiger partial charge < -0.3 is 10.1 Å². The number of nitrogens with one attached hydrogen (secondary N) is 2. The molecule has 2 saturated carbocycles. The van der Waals surface area contributed by atoms with Crippen LogP contribution in [-0.2, 0) is 41.5 Å². The Labute approximate surface area is 217 Å². The van der Waals surface area contributed by atoms with Crippen molar-refractivity contribution < 1.29 is 35.5 Å². The second-order valence-corrected chi connectivity index (χ2v) is 12.9. The lowest BCUT2D eigenvalue weighted by atomic mass is 9.82. The number of hydrogen-bond donors (Lipinski definition) is 2. The molecule has 0 saturated heterocycles. The second-order valence-electron chi connectivity index (χ2n) is 10.8. The summed E-state index contributed by atoms with van der Waals surface area (Å²) in [5.41, 5.74) is 0.897. The van der Waals surface area contributed by atoms with Gasteiger partial charge in [0.1, 0.15) is 11.6 Å². The van der Waals surface area contributed by atoms with Gasteiger partial charge >= 0.3 is 6.18 Å². The Morgan fingerprint density at radius 1 is 1.21 bits per heavy atom. The van der Waals surface area contributed by atoms with E-state index in [0.717, 1.165) is 25.3 Å². The maximum atomic E-state index is 15.3. The summed E-state index contributed by atoms with van der Waals surface area (Å²) >= 11 is 0. The van der Waals surface area contributed by atoms with Gasteiger partial charge in [-0.05, 0) is 49.7 Å². The molecule has 2 heterocycles. The lowest BCUT2D eigenvalue weighted by Crippen LogP contribution is -2.50. The third-order valence-corrected chi connectivity index (χ3v) is 9.77. The average Bonchev–Trinajstić information content (AvgIpc) is 3.76. The van der Waals surface area contributed by atoms with Crippen LogP contribution in [0.1, 0.15) is 71.4 Å². The molecule has 1 atom stereocenters. The summed E-state index contributed by atoms with van der Waals surface area (Å²) < 4.78 is 87.1. The highest BCUT2D eigenvalue weighted by molar-refractivity contribution is 7.90. The minimum atomic E-state index is -4.55. The summed E-state index contributed by atoms with van der Waals surface area (Å²) in [5.74, 6) is -0.828. The summed E-state index contributed by atoms with van der Waals surface area (Å²) in [7, 11) is -3.48. The molecular formula is C25H28F4N4O4S. The van der Waals surface area contributed by atoms with Gasteiger partial charge in [-0.1, -0.05) is 12.8 Å². The van der Waals surface area contributed by atoms with Crippen LogP contribution in [0.15, 0.2) is 12.1 Å². The molecule has 0 unspecified atom stereocenters. The molecule has 2 aromatic rings. The smallest absolute Gasteiger partial charge is 0.422 e. The van der Waals surface area contributed by atoms with E-state index in [0.29, 0.717) is 60.7 Å². The van der Waals surface area contributed by atoms with Crippen molar-refractivity contribution in [2.24, 2.45) is 5.92 Å². The van der Waals surface area contributed by atoms with Crippen LogP contribution in [0.25, 0.3) is 0 Å². The molecule has 1 aromatic heterocycles. The molecule has 3 aliphatic carbocycles. The molecule has 13 heteroatoms. The molecule has 206 valence electrons. The van der Waals surface area contributed by atoms with Crippen molar-refractivity contribution in [3.63, 3.8) is 0 Å². The van der Waals surface area contributed by atoms with Crippen molar-refractivity contribution in [3.05, 3.63) is 46.0 Å². The molecule has 6 rings (SSSR count). The van der Waals surface area contributed by atoms with Gasteiger partial charge in [0.2, 0.25) is 10.0 Å². The normalized spacial score (nSPS) is 22.9. The lowest BCUT2D eigenvalue weighted by Gasteiger charge is -2.35. The number of carbonyl (C=O) groups excluding carboxylic acids is 1. The fourth-order valence-corrected chi connectivity index (χ4v) is 7.01. The Hall–Kier alpha value is -2.67. The number of fused-ring (bicyclic) bond motifs is 3. The van der Waals surface area contributed by atoms with Gasteiger partial charge in [0.05, 0.1) is 34.3 Å². The van der Waals surface area contributed by atoms with Gasteiger partial charge in [-0.25, -0.2) is 17.5 Å². The van der Waals surface area contributed by atoms with Gasteiger partial charge in [-0.3, -0.25) is 9.48 Å². The Balaban J connectivity index is 1.30. The predicted octanol–water partition coefficient (Wildman–Crippen LogP) is 3.47. The number of amides is 1. The van der Waals surface area contributed by atoms with Crippen LogP contribution in [0.5, 0.6) is 5.75 Å². The van der Waals surface area contributed by atoms with Crippen molar-refractivity contribution in [1.82, 2.24) is 19.8 Å². The van der Waals surface area contributed by atoms with Crippen molar-refractivity contribution >= 4 is 15.9 Å². The fourth-order valence-electron chi connectivity index (χ4n) is 5.68. The SMILES string of the molecule is O=C1N[C@@]2(CCc3cc(OCC(F)(F)F)cc(F)c32)Cc2nn(CCC3CC3)c(CNS(=O)(=O)C3CC3)c21. The summed E-state index contributed by atoms with van der Waals surface area (Å²) in [5, 5.41) is 7.26. The van der Waals surface area contributed by atoms with E-state index in [2.05, 4.69) is 10.0 Å². The van der Waals surface area contributed by atoms with Crippen molar-refractivity contribution in [1.29, 1.82) is 0 Å². The molecule has 2 N–H and O–H groups in total. The average molecular weight is 557 g/mol. The van der Waals surface area contributed by atoms with E-state index < -0.39 is 45.3 Å². The molecule has 1 aromatic carbocycles. The number of aromatic nitrogens is 2. The number of rotatable bonds is 9. The van der Waals surface area contributed by atoms with Crippen LogP contribution >= 0.6 is 0 Å². The van der Waals surface area contributed by atoms with Crippen LogP contribution in [0.4, 0.5) is 17.6 Å². The molecule has 8 nitrogen and oxygen atoms in total. The molecule has 38 heavy (non-hydrogen) atoms. The maximum absolute atomic E-state index is 15.3. The number of sulfonamides is 1. The number of benzene rings is 1. The summed E-state index contributed by atoms with van der Waals surface area (Å²) in [6.07, 6.45) is 0.725. The maximum Gasteiger partial charge on any atom is 0.422 e. The van der Waals surface area contributed by atoms with Gasteiger partial charge in [0.15, 0.2) is 6.61 Å². The zero-order chi connectivity index (χ0) is 26.9. The Morgan fingerprint density at radius 2 is 1.97 bits per heavy atom. The number of carbonyl (C=O) groups is 1. The molecule has 2 fully saturated rings. The van der Waals surface area contributed by atoms with Gasteiger partial charge in [-0.15, -0.1) is 0 Å². The van der Waals surface area contributed by atoms with E-state index in [1.54, 1.807) is 4.68 Å². The van der Waals surface area contributed by atoms with E-state index in [-0.39, 0.29) is 24.3 Å². The van der Waals surface area contributed by atoms with Crippen molar-refractivity contribution in [3.8, 4) is 5.75 Å². The highest BCUT2D eigenvalue weighted by Gasteiger charge is 2.48. The van der Waals surface area contributed by atoms with Gasteiger partial charge in [0.25, 0.3) is 5.91 Å². The summed E-state index contributed by atoms with van der Waals surface area (Å²) in [6, 6.07) is 2.32. The van der Waals surface area contributed by atoms with E-state index in [9.17, 15) is 26.4 Å². The first kappa shape index (κ1) is 25.6. The third-order valence-electron chi connectivity index (χ3n) is 7.88. The third kappa shape index (κ3) is 4.90. The van der Waals surface area contributed by atoms with Gasteiger partial charge in [0, 0.05) is 24.6 Å². The van der Waals surface area contributed by atoms with Crippen LogP contribution in [0.2, 0.25) is 0 Å². The largest absolute Gasteiger partial charge is 0.484 e. The minimum absolute atomic E-state index is 0.0584. The number of halogens is 4. The Bertz CT molecular complexity index is 1400. The monoisotopic (exact) mass is 556 g/mol. The predicted molar refractivity (Wildman–Crippen MR) is 127 cm³/mol. The van der Waals surface area contributed by atoms with Crippen LogP contribution in [-0.4, -0.2) is 42.1 Å². The first-order valence-electron chi connectivity index (χ1n) is 12.9. The van der Waals surface area contributed by atoms with Crippen molar-refractivity contribution in [2.45, 2.75) is 81.4 Å². The first-order chi connectivity index (χ1) is 17.9. The zero-order valence-corrected chi connectivity index (χ0v) is 21.4. The van der Waals surface area contributed by atoms with Crippen LogP contribution in [0, 0.1) is 11.7 Å². The highest BCUT2D eigenvalue weighted by Crippen LogP contribution is 2.45. The lowest BCUT2D eigenvalue weighted by molar-refractivity contribution is -0.153. The second kappa shape index (κ2) is 8.94. The van der Waals surface area contributed by atoms with Crippen molar-refractivity contribution in [2.75, 3.05) is 6.61 Å². The molecular weight excluding hydrogens is 528 g/mol. The first-order valence-corrected chi connectivity index (χ1v) is 14.4. The fraction of sp³-hybridized carbons (Fsp3) is 0.600. The molecule has 0 radical (unpaired) electrons. The molecule has 0 bridgehead atoms. The Morgan fingerprint density at radius 3 is 2.66 bits per heavy atom. The van der Waals surface area contributed by atoms with E-state index in [4.69, 9.17) is 9.84 Å². The van der Waals surface area contributed by atoms with Crippen LogP contribution in [0.3, 0.4) is 0 Å². The minimum Gasteiger partial charge on any atom is -0.484 e. The van der Waals surface area contributed by atoms with E-state index >= 15 is 4.39 Å². The molecule has 1 amide bonds. The number of hydrogen-bond acceptors (Lipinski definition) is 5.